The summed E-state index contributed by atoms with van der Waals surface area (Å²) in [7, 11) is 0. The van der Waals surface area contributed by atoms with Crippen LogP contribution in [-0.2, 0) is 4.79 Å². The number of benzene rings is 3. The lowest BCUT2D eigenvalue weighted by atomic mass is 9.91. The highest BCUT2D eigenvalue weighted by Crippen LogP contribution is 2.32. The summed E-state index contributed by atoms with van der Waals surface area (Å²) in [6, 6.07) is 22.5. The van der Waals surface area contributed by atoms with Gasteiger partial charge in [0, 0.05) is 34.9 Å². The molecule has 220 valence electrons. The molecule has 5 rings (SSSR count). The zero-order valence-electron chi connectivity index (χ0n) is 23.3. The molecule has 43 heavy (non-hydrogen) atoms. The van der Waals surface area contributed by atoms with Crippen LogP contribution in [0.4, 0.5) is 16.2 Å². The standard InChI is InChI=1S/C32H32N6O5/c33-30(40)26-17-34-27-15-10-21(16-25(27)29(26)37-22-4-2-1-3-5-22)19-6-8-20(9-7-19)31(41)38-24-13-11-23(12-14-24)36-28(39)18-35-32(42)43/h1-10,15-17,23-24,35H,11-14,18H2,(H2,33,40)(H,34,37)(H,36,39)(H,38,41)(H,42,43). The number of carbonyl (C=O) groups is 4. The van der Waals surface area contributed by atoms with Crippen LogP contribution in [0.15, 0.2) is 79.0 Å². The molecule has 0 saturated heterocycles. The SMILES string of the molecule is NC(=O)c1cnc2ccc(-c3ccc(C(=O)NC4CCC(NC(=O)CNC(=O)O)CC4)cc3)cc2c1Nc1ccccc1. The minimum Gasteiger partial charge on any atom is -0.465 e. The van der Waals surface area contributed by atoms with Gasteiger partial charge in [0.05, 0.1) is 23.3 Å². The zero-order chi connectivity index (χ0) is 30.3. The Morgan fingerprint density at radius 2 is 1.49 bits per heavy atom. The van der Waals surface area contributed by atoms with E-state index in [4.69, 9.17) is 10.8 Å². The molecule has 0 radical (unpaired) electrons. The van der Waals surface area contributed by atoms with E-state index in [0.717, 1.165) is 22.2 Å². The van der Waals surface area contributed by atoms with Gasteiger partial charge in [0.25, 0.3) is 11.8 Å². The topological polar surface area (TPSA) is 176 Å². The van der Waals surface area contributed by atoms with E-state index in [1.807, 2.05) is 60.7 Å². The molecule has 0 aliphatic heterocycles. The molecule has 4 amide bonds. The van der Waals surface area contributed by atoms with Crippen LogP contribution >= 0.6 is 0 Å². The number of hydrogen-bond donors (Lipinski definition) is 6. The van der Waals surface area contributed by atoms with E-state index in [1.165, 1.54) is 6.20 Å². The van der Waals surface area contributed by atoms with E-state index in [9.17, 15) is 19.2 Å². The summed E-state index contributed by atoms with van der Waals surface area (Å²) in [4.78, 5) is 52.0. The molecular weight excluding hydrogens is 548 g/mol. The summed E-state index contributed by atoms with van der Waals surface area (Å²) in [6.45, 7) is -0.280. The number of carboxylic acid groups (broad SMARTS) is 1. The van der Waals surface area contributed by atoms with Gasteiger partial charge < -0.3 is 32.1 Å². The van der Waals surface area contributed by atoms with Crippen molar-refractivity contribution in [3.8, 4) is 11.1 Å². The fraction of sp³-hybridized carbons (Fsp3) is 0.219. The summed E-state index contributed by atoms with van der Waals surface area (Å²) in [6.07, 6.45) is 3.03. The molecule has 11 nitrogen and oxygen atoms in total. The number of pyridine rings is 1. The number of nitrogens with zero attached hydrogens (tertiary/aromatic N) is 1. The number of nitrogens with one attached hydrogen (secondary N) is 4. The first-order valence-corrected chi connectivity index (χ1v) is 14.0. The Balaban J connectivity index is 1.25. The summed E-state index contributed by atoms with van der Waals surface area (Å²) >= 11 is 0. The molecule has 1 aliphatic rings. The average Bonchev–Trinajstić information content (AvgIpc) is 3.01. The first-order valence-electron chi connectivity index (χ1n) is 14.0. The van der Waals surface area contributed by atoms with Crippen LogP contribution in [0, 0.1) is 0 Å². The van der Waals surface area contributed by atoms with Crippen molar-refractivity contribution in [3.63, 3.8) is 0 Å². The number of aromatic nitrogens is 1. The maximum atomic E-state index is 13.0. The van der Waals surface area contributed by atoms with Crippen molar-refractivity contribution in [2.75, 3.05) is 11.9 Å². The fourth-order valence-electron chi connectivity index (χ4n) is 5.26. The highest BCUT2D eigenvalue weighted by molar-refractivity contribution is 6.08. The van der Waals surface area contributed by atoms with Gasteiger partial charge in [-0.05, 0) is 73.2 Å². The minimum absolute atomic E-state index is 0.0135. The second-order valence-electron chi connectivity index (χ2n) is 10.5. The molecule has 1 heterocycles. The highest BCUT2D eigenvalue weighted by atomic mass is 16.4. The Morgan fingerprint density at radius 3 is 2.14 bits per heavy atom. The lowest BCUT2D eigenvalue weighted by molar-refractivity contribution is -0.121. The predicted octanol–water partition coefficient (Wildman–Crippen LogP) is 4.17. The molecule has 0 unspecified atom stereocenters. The minimum atomic E-state index is -1.24. The van der Waals surface area contributed by atoms with Gasteiger partial charge in [-0.2, -0.15) is 0 Å². The third kappa shape index (κ3) is 7.25. The number of anilines is 2. The quantitative estimate of drug-likeness (QED) is 0.172. The highest BCUT2D eigenvalue weighted by Gasteiger charge is 2.24. The van der Waals surface area contributed by atoms with E-state index in [1.54, 1.807) is 12.1 Å². The van der Waals surface area contributed by atoms with Gasteiger partial charge in [-0.25, -0.2) is 4.79 Å². The number of para-hydroxylation sites is 1. The number of nitrogens with two attached hydrogens (primary N) is 1. The predicted molar refractivity (Wildman–Crippen MR) is 163 cm³/mol. The average molecular weight is 581 g/mol. The van der Waals surface area contributed by atoms with Crippen LogP contribution in [0.5, 0.6) is 0 Å². The van der Waals surface area contributed by atoms with Gasteiger partial charge in [0.15, 0.2) is 0 Å². The number of fused-ring (bicyclic) bond motifs is 1. The number of carbonyl (C=O) groups excluding carboxylic acids is 3. The van der Waals surface area contributed by atoms with Crippen molar-refractivity contribution in [2.45, 2.75) is 37.8 Å². The monoisotopic (exact) mass is 580 g/mol. The molecule has 0 bridgehead atoms. The Kier molecular flexibility index (Phi) is 8.80. The Labute approximate surface area is 247 Å². The summed E-state index contributed by atoms with van der Waals surface area (Å²) in [5.41, 5.74) is 10.4. The van der Waals surface area contributed by atoms with Crippen molar-refractivity contribution in [3.05, 3.63) is 90.1 Å². The molecule has 3 aromatic carbocycles. The van der Waals surface area contributed by atoms with Crippen LogP contribution < -0.4 is 27.0 Å². The van der Waals surface area contributed by atoms with Crippen molar-refractivity contribution in [1.82, 2.24) is 20.9 Å². The van der Waals surface area contributed by atoms with E-state index < -0.39 is 12.0 Å². The normalized spacial score (nSPS) is 16.2. The second kappa shape index (κ2) is 13.0. The smallest absolute Gasteiger partial charge is 0.405 e. The molecule has 1 saturated carbocycles. The largest absolute Gasteiger partial charge is 0.465 e. The van der Waals surface area contributed by atoms with Crippen LogP contribution in [0.3, 0.4) is 0 Å². The number of amides is 4. The van der Waals surface area contributed by atoms with Gasteiger partial charge in [-0.3, -0.25) is 19.4 Å². The summed E-state index contributed by atoms with van der Waals surface area (Å²) in [5.74, 6) is -1.12. The molecule has 7 N–H and O–H groups in total. The van der Waals surface area contributed by atoms with Crippen LogP contribution in [0.1, 0.15) is 46.4 Å². The van der Waals surface area contributed by atoms with Crippen molar-refractivity contribution < 1.29 is 24.3 Å². The number of hydrogen-bond acceptors (Lipinski definition) is 6. The molecule has 1 fully saturated rings. The maximum Gasteiger partial charge on any atom is 0.405 e. The molecule has 1 aliphatic carbocycles. The Morgan fingerprint density at radius 1 is 0.837 bits per heavy atom. The van der Waals surface area contributed by atoms with Crippen molar-refractivity contribution in [1.29, 1.82) is 0 Å². The number of primary amides is 1. The first-order chi connectivity index (χ1) is 20.8. The lowest BCUT2D eigenvalue weighted by Gasteiger charge is -2.29. The van der Waals surface area contributed by atoms with Gasteiger partial charge in [-0.15, -0.1) is 0 Å². The lowest BCUT2D eigenvalue weighted by Crippen LogP contribution is -2.46. The van der Waals surface area contributed by atoms with Crippen LogP contribution in [-0.4, -0.2) is 52.5 Å². The van der Waals surface area contributed by atoms with Crippen LogP contribution in [0.25, 0.3) is 22.0 Å². The third-order valence-electron chi connectivity index (χ3n) is 7.48. The third-order valence-corrected chi connectivity index (χ3v) is 7.48. The molecular formula is C32H32N6O5. The van der Waals surface area contributed by atoms with Gasteiger partial charge in [0.1, 0.15) is 0 Å². The van der Waals surface area contributed by atoms with Gasteiger partial charge in [0.2, 0.25) is 5.91 Å². The zero-order valence-corrected chi connectivity index (χ0v) is 23.3. The molecule has 0 atom stereocenters. The van der Waals surface area contributed by atoms with Crippen molar-refractivity contribution >= 4 is 46.1 Å². The summed E-state index contributed by atoms with van der Waals surface area (Å²) in [5, 5.41) is 20.6. The van der Waals surface area contributed by atoms with Crippen LogP contribution in [0.2, 0.25) is 0 Å². The maximum absolute atomic E-state index is 13.0. The Bertz CT molecular complexity index is 1650. The molecule has 1 aromatic heterocycles. The number of rotatable bonds is 9. The van der Waals surface area contributed by atoms with E-state index in [-0.39, 0.29) is 36.0 Å². The van der Waals surface area contributed by atoms with Gasteiger partial charge in [-0.1, -0.05) is 36.4 Å². The second-order valence-corrected chi connectivity index (χ2v) is 10.5. The van der Waals surface area contributed by atoms with E-state index in [2.05, 4.69) is 26.3 Å². The first kappa shape index (κ1) is 29.1. The summed E-state index contributed by atoms with van der Waals surface area (Å²) < 4.78 is 0. The fourth-order valence-corrected chi connectivity index (χ4v) is 5.26. The molecule has 11 heteroatoms. The van der Waals surface area contributed by atoms with Crippen molar-refractivity contribution in [2.24, 2.45) is 5.73 Å². The van der Waals surface area contributed by atoms with E-state index >= 15 is 0 Å². The van der Waals surface area contributed by atoms with E-state index in [0.29, 0.717) is 42.5 Å². The Hall–Kier alpha value is -5.45. The van der Waals surface area contributed by atoms with Gasteiger partial charge >= 0.3 is 6.09 Å². The molecule has 0 spiro atoms. The molecule has 4 aromatic rings.